The van der Waals surface area contributed by atoms with Crippen LogP contribution in [0.15, 0.2) is 52.5 Å². The number of nitrogens with zero attached hydrogens (tertiary/aromatic N) is 1. The number of carbonyl (C=O) groups excluding carboxylic acids is 2. The standard InChI is InChI=1S/C24H26BrNO5/c1-14(2)31-18-7-5-6-16(13-18)21-20(23(28)24(29)26(21)10-11-30-4)22(27)17-8-9-19(25)15(3)12-17/h5-9,12-14,21,27H,10-11H2,1-4H3/b22-20-. The summed E-state index contributed by atoms with van der Waals surface area (Å²) in [5.74, 6) is -0.944. The van der Waals surface area contributed by atoms with Crippen LogP contribution in [-0.2, 0) is 14.3 Å². The summed E-state index contributed by atoms with van der Waals surface area (Å²) < 4.78 is 11.8. The second kappa shape index (κ2) is 9.66. The Morgan fingerprint density at radius 3 is 2.58 bits per heavy atom. The molecule has 3 rings (SSSR count). The number of rotatable bonds is 7. The first-order valence-electron chi connectivity index (χ1n) is 10.0. The third-order valence-electron chi connectivity index (χ3n) is 5.05. The monoisotopic (exact) mass is 487 g/mol. The van der Waals surface area contributed by atoms with E-state index in [-0.39, 0.29) is 30.6 Å². The Kier molecular flexibility index (Phi) is 7.18. The maximum atomic E-state index is 13.0. The Balaban J connectivity index is 2.16. The highest BCUT2D eigenvalue weighted by atomic mass is 79.9. The van der Waals surface area contributed by atoms with Crippen molar-refractivity contribution in [2.24, 2.45) is 0 Å². The molecule has 1 aliphatic rings. The van der Waals surface area contributed by atoms with E-state index in [9.17, 15) is 14.7 Å². The number of amides is 1. The van der Waals surface area contributed by atoms with Crippen LogP contribution in [-0.4, -0.2) is 48.1 Å². The lowest BCUT2D eigenvalue weighted by Crippen LogP contribution is -2.32. The smallest absolute Gasteiger partial charge is 0.295 e. The maximum Gasteiger partial charge on any atom is 0.295 e. The van der Waals surface area contributed by atoms with Gasteiger partial charge in [-0.3, -0.25) is 9.59 Å². The number of benzene rings is 2. The molecule has 1 saturated heterocycles. The van der Waals surface area contributed by atoms with Crippen molar-refractivity contribution in [3.8, 4) is 5.75 Å². The van der Waals surface area contributed by atoms with Crippen LogP contribution in [0.5, 0.6) is 5.75 Å². The first-order valence-corrected chi connectivity index (χ1v) is 10.8. The number of aliphatic hydroxyl groups is 1. The van der Waals surface area contributed by atoms with Gasteiger partial charge in [0.25, 0.3) is 11.7 Å². The summed E-state index contributed by atoms with van der Waals surface area (Å²) in [5.41, 5.74) is 2.12. The minimum atomic E-state index is -0.741. The van der Waals surface area contributed by atoms with E-state index >= 15 is 0 Å². The van der Waals surface area contributed by atoms with E-state index < -0.39 is 17.7 Å². The van der Waals surface area contributed by atoms with Gasteiger partial charge in [0.1, 0.15) is 11.5 Å². The molecule has 1 unspecified atom stereocenters. The molecule has 0 bridgehead atoms. The average Bonchev–Trinajstić information content (AvgIpc) is 2.98. The van der Waals surface area contributed by atoms with Gasteiger partial charge in [0.05, 0.1) is 24.3 Å². The molecule has 7 heteroatoms. The highest BCUT2D eigenvalue weighted by Gasteiger charge is 2.46. The van der Waals surface area contributed by atoms with E-state index in [1.165, 1.54) is 12.0 Å². The van der Waals surface area contributed by atoms with Crippen molar-refractivity contribution < 1.29 is 24.2 Å². The number of hydrogen-bond acceptors (Lipinski definition) is 5. The van der Waals surface area contributed by atoms with Crippen LogP contribution < -0.4 is 4.74 Å². The predicted molar refractivity (Wildman–Crippen MR) is 122 cm³/mol. The summed E-state index contributed by atoms with van der Waals surface area (Å²) in [6.07, 6.45) is -0.0270. The highest BCUT2D eigenvalue weighted by molar-refractivity contribution is 9.10. The first kappa shape index (κ1) is 23.0. The normalized spacial score (nSPS) is 18.1. The molecule has 0 aromatic heterocycles. The number of Topliss-reactive ketones (excluding diaryl/α,β-unsaturated/α-hetero) is 1. The van der Waals surface area contributed by atoms with Crippen molar-refractivity contribution in [2.75, 3.05) is 20.3 Å². The number of halogens is 1. The Bertz CT molecular complexity index is 1030. The Morgan fingerprint density at radius 1 is 1.19 bits per heavy atom. The van der Waals surface area contributed by atoms with E-state index in [0.29, 0.717) is 16.9 Å². The zero-order valence-electron chi connectivity index (χ0n) is 18.0. The fourth-order valence-corrected chi connectivity index (χ4v) is 3.87. The van der Waals surface area contributed by atoms with E-state index in [1.54, 1.807) is 24.3 Å². The van der Waals surface area contributed by atoms with Crippen LogP contribution in [0.2, 0.25) is 0 Å². The lowest BCUT2D eigenvalue weighted by Gasteiger charge is -2.25. The largest absolute Gasteiger partial charge is 0.507 e. The summed E-state index contributed by atoms with van der Waals surface area (Å²) in [6.45, 7) is 6.23. The van der Waals surface area contributed by atoms with Gasteiger partial charge in [-0.05, 0) is 56.2 Å². The van der Waals surface area contributed by atoms with Crippen molar-refractivity contribution in [3.05, 3.63) is 69.2 Å². The molecule has 0 radical (unpaired) electrons. The van der Waals surface area contributed by atoms with Gasteiger partial charge in [0, 0.05) is 23.7 Å². The summed E-state index contributed by atoms with van der Waals surface area (Å²) in [5, 5.41) is 11.1. The van der Waals surface area contributed by atoms with Crippen LogP contribution in [0.4, 0.5) is 0 Å². The second-order valence-electron chi connectivity index (χ2n) is 7.69. The molecule has 164 valence electrons. The molecule has 6 nitrogen and oxygen atoms in total. The second-order valence-corrected chi connectivity index (χ2v) is 8.54. The summed E-state index contributed by atoms with van der Waals surface area (Å²) in [6, 6.07) is 11.8. The fourth-order valence-electron chi connectivity index (χ4n) is 3.62. The Hall–Kier alpha value is -2.64. The van der Waals surface area contributed by atoms with E-state index in [2.05, 4.69) is 15.9 Å². The molecule has 2 aromatic rings. The van der Waals surface area contributed by atoms with Crippen LogP contribution in [0.25, 0.3) is 5.76 Å². The number of aliphatic hydroxyl groups excluding tert-OH is 1. The van der Waals surface area contributed by atoms with Crippen molar-refractivity contribution >= 4 is 33.4 Å². The molecular formula is C24H26BrNO5. The van der Waals surface area contributed by atoms with Gasteiger partial charge in [-0.15, -0.1) is 0 Å². The molecule has 2 aromatic carbocycles. The van der Waals surface area contributed by atoms with Gasteiger partial charge in [0.2, 0.25) is 0 Å². The zero-order valence-corrected chi connectivity index (χ0v) is 19.6. The number of ketones is 1. The third kappa shape index (κ3) is 4.83. The molecule has 1 amide bonds. The first-order chi connectivity index (χ1) is 14.7. The molecule has 0 saturated carbocycles. The quantitative estimate of drug-likeness (QED) is 0.350. The molecule has 1 fully saturated rings. The lowest BCUT2D eigenvalue weighted by atomic mass is 9.94. The Labute approximate surface area is 190 Å². The van der Waals surface area contributed by atoms with Crippen molar-refractivity contribution in [2.45, 2.75) is 32.9 Å². The van der Waals surface area contributed by atoms with Crippen molar-refractivity contribution in [1.29, 1.82) is 0 Å². The number of hydrogen-bond donors (Lipinski definition) is 1. The van der Waals surface area contributed by atoms with E-state index in [4.69, 9.17) is 9.47 Å². The van der Waals surface area contributed by atoms with Crippen molar-refractivity contribution in [1.82, 2.24) is 4.90 Å². The summed E-state index contributed by atoms with van der Waals surface area (Å²) >= 11 is 3.44. The van der Waals surface area contributed by atoms with Gasteiger partial charge in [0.15, 0.2) is 0 Å². The SMILES string of the molecule is COCCN1C(=O)C(=O)/C(=C(\O)c2ccc(Br)c(C)c2)C1c1cccc(OC(C)C)c1. The van der Waals surface area contributed by atoms with E-state index in [1.807, 2.05) is 39.0 Å². The number of aryl methyl sites for hydroxylation is 1. The van der Waals surface area contributed by atoms with Crippen LogP contribution >= 0.6 is 15.9 Å². The predicted octanol–water partition coefficient (Wildman–Crippen LogP) is 4.61. The molecular weight excluding hydrogens is 462 g/mol. The molecule has 1 aliphatic heterocycles. The van der Waals surface area contributed by atoms with Gasteiger partial charge in [-0.1, -0.05) is 34.1 Å². The molecule has 31 heavy (non-hydrogen) atoms. The number of ether oxygens (including phenoxy) is 2. The Morgan fingerprint density at radius 2 is 1.94 bits per heavy atom. The third-order valence-corrected chi connectivity index (χ3v) is 5.94. The van der Waals surface area contributed by atoms with Gasteiger partial charge in [-0.25, -0.2) is 0 Å². The fraction of sp³-hybridized carbons (Fsp3) is 0.333. The zero-order chi connectivity index (χ0) is 22.7. The van der Waals surface area contributed by atoms with Crippen LogP contribution in [0.1, 0.15) is 36.6 Å². The summed E-state index contributed by atoms with van der Waals surface area (Å²) in [4.78, 5) is 27.3. The average molecular weight is 488 g/mol. The van der Waals surface area contributed by atoms with Gasteiger partial charge >= 0.3 is 0 Å². The molecule has 0 spiro atoms. The minimum absolute atomic E-state index is 0.0270. The minimum Gasteiger partial charge on any atom is -0.507 e. The van der Waals surface area contributed by atoms with Crippen LogP contribution in [0, 0.1) is 6.92 Å². The van der Waals surface area contributed by atoms with Gasteiger partial charge < -0.3 is 19.5 Å². The highest BCUT2D eigenvalue weighted by Crippen LogP contribution is 2.40. The number of likely N-dealkylation sites (tertiary alicyclic amines) is 1. The molecule has 1 N–H and O–H groups in total. The number of carbonyl (C=O) groups is 2. The topological polar surface area (TPSA) is 76.1 Å². The molecule has 0 aliphatic carbocycles. The number of methoxy groups -OCH3 is 1. The summed E-state index contributed by atoms with van der Waals surface area (Å²) in [7, 11) is 1.54. The van der Waals surface area contributed by atoms with Crippen LogP contribution in [0.3, 0.4) is 0 Å². The maximum absolute atomic E-state index is 13.0. The lowest BCUT2D eigenvalue weighted by molar-refractivity contribution is -0.140. The molecule has 1 heterocycles. The van der Waals surface area contributed by atoms with Crippen molar-refractivity contribution in [3.63, 3.8) is 0 Å². The van der Waals surface area contributed by atoms with E-state index in [0.717, 1.165) is 10.0 Å². The van der Waals surface area contributed by atoms with Gasteiger partial charge in [-0.2, -0.15) is 0 Å². The molecule has 1 atom stereocenters.